The Morgan fingerprint density at radius 3 is 3.05 bits per heavy atom. The van der Waals surface area contributed by atoms with Crippen molar-refractivity contribution in [2.75, 3.05) is 5.32 Å². The van der Waals surface area contributed by atoms with Crippen LogP contribution in [0.3, 0.4) is 0 Å². The Morgan fingerprint density at radius 1 is 1.27 bits per heavy atom. The molecule has 0 aliphatic heterocycles. The van der Waals surface area contributed by atoms with Gasteiger partial charge in [-0.3, -0.25) is 4.98 Å². The van der Waals surface area contributed by atoms with E-state index in [1.54, 1.807) is 12.4 Å². The standard InChI is InChI=1S/C17H15N3O2/c1-10-17(14-6-7-18-9-16(14)22-10)19-12-3-4-13-11(8-12)2-5-15(13)20-21/h3-4,6-9,19,21H,2,5H2,1H3/b20-15+. The zero-order valence-corrected chi connectivity index (χ0v) is 12.1. The minimum absolute atomic E-state index is 0.762. The number of rotatable bonds is 2. The average molecular weight is 293 g/mol. The van der Waals surface area contributed by atoms with Crippen LogP contribution in [-0.2, 0) is 6.42 Å². The van der Waals surface area contributed by atoms with Crippen LogP contribution in [0.2, 0.25) is 0 Å². The number of hydrogen-bond donors (Lipinski definition) is 2. The van der Waals surface area contributed by atoms with E-state index in [-0.39, 0.29) is 0 Å². The number of aromatic nitrogens is 1. The number of fused-ring (bicyclic) bond motifs is 2. The van der Waals surface area contributed by atoms with Gasteiger partial charge in [0.25, 0.3) is 0 Å². The van der Waals surface area contributed by atoms with Crippen molar-refractivity contribution in [3.8, 4) is 0 Å². The van der Waals surface area contributed by atoms with Gasteiger partial charge in [0.15, 0.2) is 5.58 Å². The zero-order chi connectivity index (χ0) is 15.1. The first-order valence-electron chi connectivity index (χ1n) is 7.20. The van der Waals surface area contributed by atoms with Crippen LogP contribution in [0.25, 0.3) is 11.0 Å². The SMILES string of the molecule is Cc1oc2cnccc2c1Nc1ccc2c(c1)CC/C2=N\O. The topological polar surface area (TPSA) is 70.7 Å². The summed E-state index contributed by atoms with van der Waals surface area (Å²) in [7, 11) is 0. The maximum Gasteiger partial charge on any atom is 0.154 e. The van der Waals surface area contributed by atoms with Gasteiger partial charge in [0.2, 0.25) is 0 Å². The lowest BCUT2D eigenvalue weighted by atomic mass is 10.1. The van der Waals surface area contributed by atoms with Crippen molar-refractivity contribution >= 4 is 28.1 Å². The molecule has 0 atom stereocenters. The molecular formula is C17H15N3O2. The van der Waals surface area contributed by atoms with E-state index in [1.165, 1.54) is 5.56 Å². The Morgan fingerprint density at radius 2 is 2.18 bits per heavy atom. The molecule has 0 bridgehead atoms. The van der Waals surface area contributed by atoms with E-state index in [0.717, 1.165) is 52.2 Å². The summed E-state index contributed by atoms with van der Waals surface area (Å²) in [4.78, 5) is 4.08. The molecule has 5 nitrogen and oxygen atoms in total. The van der Waals surface area contributed by atoms with Crippen molar-refractivity contribution in [3.63, 3.8) is 0 Å². The molecule has 0 saturated carbocycles. The summed E-state index contributed by atoms with van der Waals surface area (Å²) >= 11 is 0. The third-order valence-electron chi connectivity index (χ3n) is 4.11. The molecule has 2 N–H and O–H groups in total. The molecule has 1 aliphatic carbocycles. The Kier molecular flexibility index (Phi) is 2.85. The van der Waals surface area contributed by atoms with Crippen LogP contribution in [0.1, 0.15) is 23.3 Å². The lowest BCUT2D eigenvalue weighted by Gasteiger charge is -2.08. The smallest absolute Gasteiger partial charge is 0.154 e. The fourth-order valence-corrected chi connectivity index (χ4v) is 3.02. The number of pyridine rings is 1. The van der Waals surface area contributed by atoms with E-state index in [4.69, 9.17) is 9.62 Å². The highest BCUT2D eigenvalue weighted by Gasteiger charge is 2.19. The van der Waals surface area contributed by atoms with Crippen molar-refractivity contribution in [2.45, 2.75) is 19.8 Å². The molecule has 0 fully saturated rings. The van der Waals surface area contributed by atoms with E-state index in [1.807, 2.05) is 25.1 Å². The third kappa shape index (κ3) is 1.94. The summed E-state index contributed by atoms with van der Waals surface area (Å²) in [5.74, 6) is 0.834. The molecular weight excluding hydrogens is 278 g/mol. The second-order valence-corrected chi connectivity index (χ2v) is 5.45. The summed E-state index contributed by atoms with van der Waals surface area (Å²) in [6, 6.07) is 8.04. The van der Waals surface area contributed by atoms with Gasteiger partial charge < -0.3 is 14.9 Å². The minimum atomic E-state index is 0.762. The predicted octanol–water partition coefficient (Wildman–Crippen LogP) is 4.00. The second-order valence-electron chi connectivity index (χ2n) is 5.45. The fourth-order valence-electron chi connectivity index (χ4n) is 3.02. The van der Waals surface area contributed by atoms with E-state index >= 15 is 0 Å². The van der Waals surface area contributed by atoms with Crippen molar-refractivity contribution in [1.82, 2.24) is 4.98 Å². The van der Waals surface area contributed by atoms with Gasteiger partial charge in [0, 0.05) is 22.8 Å². The quantitative estimate of drug-likeness (QED) is 0.553. The summed E-state index contributed by atoms with van der Waals surface area (Å²) in [5, 5.41) is 16.8. The molecule has 0 unspecified atom stereocenters. The highest BCUT2D eigenvalue weighted by molar-refractivity contribution is 6.04. The van der Waals surface area contributed by atoms with E-state index in [9.17, 15) is 0 Å². The molecule has 110 valence electrons. The Bertz CT molecular complexity index is 896. The van der Waals surface area contributed by atoms with Gasteiger partial charge in [0.1, 0.15) is 5.76 Å². The first-order valence-corrected chi connectivity index (χ1v) is 7.20. The van der Waals surface area contributed by atoms with Crippen LogP contribution in [0, 0.1) is 6.92 Å². The molecule has 3 aromatic rings. The summed E-state index contributed by atoms with van der Waals surface area (Å²) in [5.41, 5.74) is 5.74. The lowest BCUT2D eigenvalue weighted by molar-refractivity contribution is 0.318. The molecule has 5 heteroatoms. The summed E-state index contributed by atoms with van der Waals surface area (Å²) in [6.07, 6.45) is 5.17. The van der Waals surface area contributed by atoms with Crippen LogP contribution in [0.5, 0.6) is 0 Å². The zero-order valence-electron chi connectivity index (χ0n) is 12.1. The van der Waals surface area contributed by atoms with Gasteiger partial charge >= 0.3 is 0 Å². The number of aryl methyl sites for hydroxylation is 2. The molecule has 1 aliphatic rings. The molecule has 22 heavy (non-hydrogen) atoms. The first-order chi connectivity index (χ1) is 10.8. The van der Waals surface area contributed by atoms with Crippen LogP contribution in [-0.4, -0.2) is 15.9 Å². The highest BCUT2D eigenvalue weighted by atomic mass is 16.4. The van der Waals surface area contributed by atoms with Crippen molar-refractivity contribution in [1.29, 1.82) is 0 Å². The van der Waals surface area contributed by atoms with E-state index < -0.39 is 0 Å². The predicted molar refractivity (Wildman–Crippen MR) is 85.1 cm³/mol. The maximum absolute atomic E-state index is 9.00. The number of furan rings is 1. The normalized spacial score (nSPS) is 15.4. The molecule has 0 saturated heterocycles. The number of nitrogens with zero attached hydrogens (tertiary/aromatic N) is 2. The third-order valence-corrected chi connectivity index (χ3v) is 4.11. The number of benzene rings is 1. The summed E-state index contributed by atoms with van der Waals surface area (Å²) < 4.78 is 5.72. The van der Waals surface area contributed by atoms with Gasteiger partial charge in [-0.2, -0.15) is 0 Å². The minimum Gasteiger partial charge on any atom is -0.457 e. The molecule has 2 aromatic heterocycles. The molecule has 0 spiro atoms. The van der Waals surface area contributed by atoms with Crippen molar-refractivity contribution in [3.05, 3.63) is 53.5 Å². The molecule has 0 radical (unpaired) electrons. The number of oxime groups is 1. The summed E-state index contributed by atoms with van der Waals surface area (Å²) in [6.45, 7) is 1.94. The second kappa shape index (κ2) is 4.87. The lowest BCUT2D eigenvalue weighted by Crippen LogP contribution is -1.96. The molecule has 4 rings (SSSR count). The van der Waals surface area contributed by atoms with Crippen LogP contribution in [0.4, 0.5) is 11.4 Å². The van der Waals surface area contributed by atoms with Crippen LogP contribution < -0.4 is 5.32 Å². The van der Waals surface area contributed by atoms with Crippen LogP contribution in [0.15, 0.2) is 46.2 Å². The molecule has 1 aromatic carbocycles. The van der Waals surface area contributed by atoms with E-state index in [2.05, 4.69) is 21.5 Å². The van der Waals surface area contributed by atoms with Gasteiger partial charge in [-0.05, 0) is 43.5 Å². The maximum atomic E-state index is 9.00. The van der Waals surface area contributed by atoms with Gasteiger partial charge in [-0.1, -0.05) is 11.2 Å². The number of hydrogen-bond acceptors (Lipinski definition) is 5. The van der Waals surface area contributed by atoms with E-state index in [0.29, 0.717) is 0 Å². The van der Waals surface area contributed by atoms with Gasteiger partial charge in [-0.15, -0.1) is 0 Å². The van der Waals surface area contributed by atoms with Crippen molar-refractivity contribution < 1.29 is 9.62 Å². The van der Waals surface area contributed by atoms with Crippen LogP contribution >= 0.6 is 0 Å². The monoisotopic (exact) mass is 293 g/mol. The first kappa shape index (κ1) is 12.9. The largest absolute Gasteiger partial charge is 0.457 e. The molecule has 0 amide bonds. The Labute approximate surface area is 127 Å². The average Bonchev–Trinajstić information content (AvgIpc) is 3.08. The fraction of sp³-hybridized carbons (Fsp3) is 0.176. The van der Waals surface area contributed by atoms with Gasteiger partial charge in [-0.25, -0.2) is 0 Å². The van der Waals surface area contributed by atoms with Crippen molar-refractivity contribution in [2.24, 2.45) is 5.16 Å². The molecule has 2 heterocycles. The van der Waals surface area contributed by atoms with Gasteiger partial charge in [0.05, 0.1) is 17.6 Å². The Hall–Kier alpha value is -2.82. The highest BCUT2D eigenvalue weighted by Crippen LogP contribution is 2.33. The Balaban J connectivity index is 1.73. The number of nitrogens with one attached hydrogen (secondary N) is 1. The number of anilines is 2.